The minimum absolute atomic E-state index is 0.189. The van der Waals surface area contributed by atoms with Gasteiger partial charge >= 0.3 is 0 Å². The van der Waals surface area contributed by atoms with Gasteiger partial charge in [-0.3, -0.25) is 4.79 Å². The highest BCUT2D eigenvalue weighted by molar-refractivity contribution is 5.93. The number of hydrogen-bond donors (Lipinski definition) is 1. The number of anilines is 1. The van der Waals surface area contributed by atoms with Crippen LogP contribution >= 0.6 is 0 Å². The summed E-state index contributed by atoms with van der Waals surface area (Å²) in [4.78, 5) is 22.4. The Labute approximate surface area is 143 Å². The smallest absolute Gasteiger partial charge is 0.252 e. The molecule has 4 heterocycles. The Balaban J connectivity index is 1.46. The fourth-order valence-electron chi connectivity index (χ4n) is 3.49. The molecule has 0 aliphatic carbocycles. The Morgan fingerprint density at radius 3 is 2.96 bits per heavy atom. The fraction of sp³-hybridized carbons (Fsp3) is 0.438. The summed E-state index contributed by atoms with van der Waals surface area (Å²) in [6.45, 7) is 3.04. The summed E-state index contributed by atoms with van der Waals surface area (Å²) < 4.78 is 18.7. The molecule has 2 aromatic rings. The monoisotopic (exact) mass is 344 g/mol. The Bertz CT molecular complexity index is 759. The SMILES string of the molecule is O=C(NC[C@]12COC[C@H]1CN(c1ncc(F)cn1)C2)c1ccnnc1. The average molecular weight is 344 g/mol. The second kappa shape index (κ2) is 6.32. The van der Waals surface area contributed by atoms with E-state index in [0.717, 1.165) is 18.9 Å². The van der Waals surface area contributed by atoms with Crippen molar-refractivity contribution < 1.29 is 13.9 Å². The second-order valence-corrected chi connectivity index (χ2v) is 6.47. The second-order valence-electron chi connectivity index (χ2n) is 6.47. The first-order valence-corrected chi connectivity index (χ1v) is 8.01. The van der Waals surface area contributed by atoms with E-state index in [2.05, 4.69) is 25.5 Å². The van der Waals surface area contributed by atoms with Crippen LogP contribution in [-0.4, -0.2) is 58.9 Å². The number of halogens is 1. The van der Waals surface area contributed by atoms with Gasteiger partial charge in [-0.25, -0.2) is 14.4 Å². The molecule has 2 saturated heterocycles. The molecular formula is C16H17FN6O2. The van der Waals surface area contributed by atoms with E-state index in [1.807, 2.05) is 4.90 Å². The molecule has 8 nitrogen and oxygen atoms in total. The Hall–Kier alpha value is -2.68. The van der Waals surface area contributed by atoms with Crippen LogP contribution in [0.5, 0.6) is 0 Å². The van der Waals surface area contributed by atoms with E-state index in [4.69, 9.17) is 4.74 Å². The number of carbonyl (C=O) groups excluding carboxylic acids is 1. The Morgan fingerprint density at radius 1 is 1.36 bits per heavy atom. The number of fused-ring (bicyclic) bond motifs is 1. The molecule has 0 radical (unpaired) electrons. The summed E-state index contributed by atoms with van der Waals surface area (Å²) in [7, 11) is 0. The molecule has 130 valence electrons. The first kappa shape index (κ1) is 15.8. The van der Waals surface area contributed by atoms with Crippen LogP contribution in [0.15, 0.2) is 30.9 Å². The van der Waals surface area contributed by atoms with Gasteiger partial charge in [0.2, 0.25) is 5.95 Å². The molecule has 9 heteroatoms. The molecule has 0 saturated carbocycles. The highest BCUT2D eigenvalue weighted by atomic mass is 19.1. The predicted octanol–water partition coefficient (Wildman–Crippen LogP) is 0.288. The lowest BCUT2D eigenvalue weighted by Gasteiger charge is -2.27. The van der Waals surface area contributed by atoms with E-state index < -0.39 is 5.82 Å². The fourth-order valence-corrected chi connectivity index (χ4v) is 3.49. The van der Waals surface area contributed by atoms with Crippen molar-refractivity contribution in [3.05, 3.63) is 42.2 Å². The summed E-state index contributed by atoms with van der Waals surface area (Å²) in [5.74, 6) is 0.114. The number of hydrogen-bond acceptors (Lipinski definition) is 7. The standard InChI is InChI=1S/C16H17FN6O2/c17-13-4-18-15(19-5-13)23-6-12-7-25-10-16(12,9-23)8-20-14(24)11-1-2-21-22-3-11/h1-5,12H,6-10H2,(H,20,24)/t12-,16+/m1/s1. The molecule has 0 unspecified atom stereocenters. The zero-order chi connectivity index (χ0) is 17.3. The minimum atomic E-state index is -0.459. The average Bonchev–Trinajstić information content (AvgIpc) is 3.18. The Morgan fingerprint density at radius 2 is 2.20 bits per heavy atom. The van der Waals surface area contributed by atoms with Crippen LogP contribution in [0.4, 0.5) is 10.3 Å². The van der Waals surface area contributed by atoms with Gasteiger partial charge in [0.05, 0.1) is 43.6 Å². The third-order valence-corrected chi connectivity index (χ3v) is 4.86. The van der Waals surface area contributed by atoms with Crippen molar-refractivity contribution in [2.75, 3.05) is 37.7 Å². The maximum Gasteiger partial charge on any atom is 0.252 e. The number of nitrogens with zero attached hydrogens (tertiary/aromatic N) is 5. The van der Waals surface area contributed by atoms with E-state index in [1.54, 1.807) is 6.07 Å². The zero-order valence-corrected chi connectivity index (χ0v) is 13.4. The molecular weight excluding hydrogens is 327 g/mol. The molecule has 25 heavy (non-hydrogen) atoms. The van der Waals surface area contributed by atoms with Crippen molar-refractivity contribution in [2.24, 2.45) is 11.3 Å². The number of amides is 1. The van der Waals surface area contributed by atoms with Gasteiger partial charge in [-0.2, -0.15) is 10.2 Å². The molecule has 0 spiro atoms. The lowest BCUT2D eigenvalue weighted by molar-refractivity contribution is 0.0919. The quantitative estimate of drug-likeness (QED) is 0.852. The maximum atomic E-state index is 13.0. The van der Waals surface area contributed by atoms with Crippen molar-refractivity contribution in [1.82, 2.24) is 25.5 Å². The van der Waals surface area contributed by atoms with E-state index in [1.165, 1.54) is 12.4 Å². The minimum Gasteiger partial charge on any atom is -0.380 e. The maximum absolute atomic E-state index is 13.0. The van der Waals surface area contributed by atoms with E-state index >= 15 is 0 Å². The summed E-state index contributed by atoms with van der Waals surface area (Å²) in [5, 5.41) is 10.4. The number of carbonyl (C=O) groups is 1. The van der Waals surface area contributed by atoms with Gasteiger partial charge in [0.25, 0.3) is 5.91 Å². The first-order valence-electron chi connectivity index (χ1n) is 8.01. The van der Waals surface area contributed by atoms with Crippen molar-refractivity contribution in [1.29, 1.82) is 0 Å². The summed E-state index contributed by atoms with van der Waals surface area (Å²) in [6.07, 6.45) is 5.25. The van der Waals surface area contributed by atoms with Crippen molar-refractivity contribution in [3.8, 4) is 0 Å². The van der Waals surface area contributed by atoms with Crippen LogP contribution in [0.25, 0.3) is 0 Å². The van der Waals surface area contributed by atoms with Crippen LogP contribution in [0, 0.1) is 17.2 Å². The molecule has 1 N–H and O–H groups in total. The van der Waals surface area contributed by atoms with E-state index in [-0.39, 0.29) is 17.2 Å². The van der Waals surface area contributed by atoms with E-state index in [9.17, 15) is 9.18 Å². The predicted molar refractivity (Wildman–Crippen MR) is 85.3 cm³/mol. The van der Waals surface area contributed by atoms with Gasteiger partial charge in [-0.15, -0.1) is 0 Å². The van der Waals surface area contributed by atoms with Crippen molar-refractivity contribution in [3.63, 3.8) is 0 Å². The van der Waals surface area contributed by atoms with Gasteiger partial charge in [-0.05, 0) is 6.07 Å². The third kappa shape index (κ3) is 3.02. The molecule has 0 bridgehead atoms. The molecule has 2 aliphatic rings. The first-order chi connectivity index (χ1) is 12.2. The van der Waals surface area contributed by atoms with Gasteiger partial charge in [0.15, 0.2) is 5.82 Å². The highest BCUT2D eigenvalue weighted by Gasteiger charge is 2.51. The lowest BCUT2D eigenvalue weighted by atomic mass is 9.81. The van der Waals surface area contributed by atoms with Gasteiger partial charge < -0.3 is 15.0 Å². The number of aromatic nitrogens is 4. The van der Waals surface area contributed by atoms with Crippen LogP contribution < -0.4 is 10.2 Å². The Kier molecular flexibility index (Phi) is 4.00. The molecule has 1 amide bonds. The lowest BCUT2D eigenvalue weighted by Crippen LogP contribution is -2.43. The zero-order valence-electron chi connectivity index (χ0n) is 13.4. The van der Waals surface area contributed by atoms with Crippen molar-refractivity contribution >= 4 is 11.9 Å². The summed E-state index contributed by atoms with van der Waals surface area (Å²) in [5.41, 5.74) is 0.270. The van der Waals surface area contributed by atoms with Crippen LogP contribution in [0.2, 0.25) is 0 Å². The number of rotatable bonds is 4. The molecule has 2 fully saturated rings. The van der Waals surface area contributed by atoms with Crippen LogP contribution in [0.1, 0.15) is 10.4 Å². The van der Waals surface area contributed by atoms with E-state index in [0.29, 0.717) is 37.8 Å². The summed E-state index contributed by atoms with van der Waals surface area (Å²) >= 11 is 0. The molecule has 2 aromatic heterocycles. The van der Waals surface area contributed by atoms with Gasteiger partial charge in [0.1, 0.15) is 0 Å². The molecule has 0 aromatic carbocycles. The molecule has 2 aliphatic heterocycles. The third-order valence-electron chi connectivity index (χ3n) is 4.86. The molecule has 4 rings (SSSR count). The van der Waals surface area contributed by atoms with Gasteiger partial charge in [0, 0.05) is 31.0 Å². The van der Waals surface area contributed by atoms with Crippen LogP contribution in [-0.2, 0) is 4.74 Å². The van der Waals surface area contributed by atoms with Crippen molar-refractivity contribution in [2.45, 2.75) is 0 Å². The topological polar surface area (TPSA) is 93.1 Å². The highest BCUT2D eigenvalue weighted by Crippen LogP contribution is 2.41. The van der Waals surface area contributed by atoms with Crippen LogP contribution in [0.3, 0.4) is 0 Å². The van der Waals surface area contributed by atoms with Gasteiger partial charge in [-0.1, -0.05) is 0 Å². The largest absolute Gasteiger partial charge is 0.380 e. The number of ether oxygens (including phenoxy) is 1. The number of nitrogens with one attached hydrogen (secondary N) is 1. The summed E-state index contributed by atoms with van der Waals surface area (Å²) in [6, 6.07) is 1.62. The normalized spacial score (nSPS) is 25.0. The molecule has 2 atom stereocenters.